The summed E-state index contributed by atoms with van der Waals surface area (Å²) in [6.07, 6.45) is 3.58. The summed E-state index contributed by atoms with van der Waals surface area (Å²) in [4.78, 5) is 26.4. The molecule has 0 unspecified atom stereocenters. The Labute approximate surface area is 135 Å². The van der Waals surface area contributed by atoms with Crippen LogP contribution >= 0.6 is 0 Å². The molecule has 1 aromatic carbocycles. The number of nitrogens with zero attached hydrogens (tertiary/aromatic N) is 3. The molecule has 0 saturated heterocycles. The first-order valence-electron chi connectivity index (χ1n) is 7.61. The first-order valence-corrected chi connectivity index (χ1v) is 7.61. The van der Waals surface area contributed by atoms with E-state index in [2.05, 4.69) is 19.9 Å². The number of rotatable bonds is 4. The number of para-hydroxylation sites is 2. The van der Waals surface area contributed by atoms with E-state index in [1.165, 1.54) is 0 Å². The number of fused-ring (bicyclic) bond motifs is 1. The molecule has 2 heterocycles. The lowest BCUT2D eigenvalue weighted by atomic mass is 10.1. The summed E-state index contributed by atoms with van der Waals surface area (Å²) in [5, 5.41) is 0. The van der Waals surface area contributed by atoms with Crippen molar-refractivity contribution in [1.29, 1.82) is 0 Å². The summed E-state index contributed by atoms with van der Waals surface area (Å²) in [6.45, 7) is 5.03. The van der Waals surface area contributed by atoms with Crippen LogP contribution in [0.3, 0.4) is 0 Å². The number of nitrogens with one attached hydrogen (secondary N) is 1. The van der Waals surface area contributed by atoms with Crippen LogP contribution in [-0.4, -0.2) is 26.9 Å². The molecular weight excluding hydrogens is 288 g/mol. The number of aromatic nitrogens is 3. The maximum atomic E-state index is 12.0. The smallest absolute Gasteiger partial charge is 0.187 e. The summed E-state index contributed by atoms with van der Waals surface area (Å²) in [6, 6.07) is 7.84. The van der Waals surface area contributed by atoms with E-state index >= 15 is 0 Å². The molecule has 0 fully saturated rings. The van der Waals surface area contributed by atoms with Crippen molar-refractivity contribution in [3.63, 3.8) is 0 Å². The first-order chi connectivity index (χ1) is 11.0. The van der Waals surface area contributed by atoms with Gasteiger partial charge in [0.25, 0.3) is 0 Å². The third kappa shape index (κ3) is 3.29. The Hall–Kier alpha value is -2.53. The molecule has 0 spiro atoms. The van der Waals surface area contributed by atoms with Crippen LogP contribution in [0, 0.1) is 13.8 Å². The van der Waals surface area contributed by atoms with Crippen molar-refractivity contribution in [2.24, 2.45) is 0 Å². The van der Waals surface area contributed by atoms with Crippen molar-refractivity contribution in [1.82, 2.24) is 19.9 Å². The van der Waals surface area contributed by atoms with E-state index in [4.69, 9.17) is 0 Å². The van der Waals surface area contributed by atoms with Gasteiger partial charge in [0.05, 0.1) is 22.9 Å². The van der Waals surface area contributed by atoms with Gasteiger partial charge < -0.3 is 4.98 Å². The highest BCUT2D eigenvalue weighted by Crippen LogP contribution is 2.11. The summed E-state index contributed by atoms with van der Waals surface area (Å²) in [5.41, 5.74) is 5.29. The lowest BCUT2D eigenvalue weighted by Gasteiger charge is -2.17. The van der Waals surface area contributed by atoms with Crippen molar-refractivity contribution in [3.8, 4) is 0 Å². The maximum Gasteiger partial charge on any atom is 0.187 e. The fourth-order valence-corrected chi connectivity index (χ4v) is 2.64. The fraction of sp³-hybridized carbons (Fsp3) is 0.278. The Bertz CT molecular complexity index is 901. The standard InChI is InChI=1S/C18H20N4O/c1-12-8-19-17(13(2)18(12)23)11-22(3)10-14-9-20-15-6-4-5-7-16(15)21-14/h4-9H,10-11H2,1-3H3,(H,19,23). The van der Waals surface area contributed by atoms with Crippen molar-refractivity contribution in [2.75, 3.05) is 7.05 Å². The molecule has 0 radical (unpaired) electrons. The molecule has 0 bridgehead atoms. The summed E-state index contributed by atoms with van der Waals surface area (Å²) >= 11 is 0. The van der Waals surface area contributed by atoms with Gasteiger partial charge in [0.15, 0.2) is 5.43 Å². The number of hydrogen-bond donors (Lipinski definition) is 1. The third-order valence-corrected chi connectivity index (χ3v) is 3.97. The van der Waals surface area contributed by atoms with Gasteiger partial charge in [0.2, 0.25) is 0 Å². The SMILES string of the molecule is Cc1c[nH]c(CN(C)Cc2cnc3ccccc3n2)c(C)c1=O. The number of hydrogen-bond acceptors (Lipinski definition) is 4. The van der Waals surface area contributed by atoms with Crippen LogP contribution < -0.4 is 5.43 Å². The van der Waals surface area contributed by atoms with Gasteiger partial charge >= 0.3 is 0 Å². The minimum Gasteiger partial charge on any atom is -0.363 e. The van der Waals surface area contributed by atoms with Crippen LogP contribution in [0.2, 0.25) is 0 Å². The molecular formula is C18H20N4O. The molecule has 3 aromatic rings. The highest BCUT2D eigenvalue weighted by molar-refractivity contribution is 5.73. The molecule has 0 aliphatic heterocycles. The molecule has 5 heteroatoms. The number of H-pyrrole nitrogens is 1. The average molecular weight is 308 g/mol. The molecule has 0 aliphatic carbocycles. The van der Waals surface area contributed by atoms with E-state index in [-0.39, 0.29) is 5.43 Å². The van der Waals surface area contributed by atoms with Crippen molar-refractivity contribution in [3.05, 3.63) is 69.4 Å². The van der Waals surface area contributed by atoms with E-state index < -0.39 is 0 Å². The highest BCUT2D eigenvalue weighted by atomic mass is 16.1. The number of pyridine rings is 1. The second kappa shape index (κ2) is 6.30. The van der Waals surface area contributed by atoms with E-state index in [0.29, 0.717) is 13.1 Å². The van der Waals surface area contributed by atoms with Gasteiger partial charge in [0, 0.05) is 36.1 Å². The zero-order valence-electron chi connectivity index (χ0n) is 13.6. The van der Waals surface area contributed by atoms with Crippen LogP contribution in [0.5, 0.6) is 0 Å². The van der Waals surface area contributed by atoms with Gasteiger partial charge in [-0.25, -0.2) is 4.98 Å². The van der Waals surface area contributed by atoms with Crippen molar-refractivity contribution in [2.45, 2.75) is 26.9 Å². The molecule has 0 atom stereocenters. The zero-order valence-corrected chi connectivity index (χ0v) is 13.6. The Morgan fingerprint density at radius 3 is 2.65 bits per heavy atom. The molecule has 3 rings (SSSR count). The fourth-order valence-electron chi connectivity index (χ4n) is 2.64. The summed E-state index contributed by atoms with van der Waals surface area (Å²) < 4.78 is 0. The zero-order chi connectivity index (χ0) is 16.4. The van der Waals surface area contributed by atoms with E-state index in [1.807, 2.05) is 51.4 Å². The molecule has 1 N–H and O–H groups in total. The highest BCUT2D eigenvalue weighted by Gasteiger charge is 2.09. The largest absolute Gasteiger partial charge is 0.363 e. The minimum atomic E-state index is 0.109. The van der Waals surface area contributed by atoms with E-state index in [1.54, 1.807) is 6.20 Å². The van der Waals surface area contributed by atoms with Crippen molar-refractivity contribution >= 4 is 11.0 Å². The second-order valence-electron chi connectivity index (χ2n) is 5.93. The topological polar surface area (TPSA) is 61.9 Å². The lowest BCUT2D eigenvalue weighted by Crippen LogP contribution is -2.22. The predicted octanol–water partition coefficient (Wildman–Crippen LogP) is 2.57. The number of aryl methyl sites for hydroxylation is 1. The lowest BCUT2D eigenvalue weighted by molar-refractivity contribution is 0.310. The molecule has 23 heavy (non-hydrogen) atoms. The Balaban J connectivity index is 1.77. The Morgan fingerprint density at radius 1 is 1.13 bits per heavy atom. The third-order valence-electron chi connectivity index (χ3n) is 3.97. The number of benzene rings is 1. The Kier molecular flexibility index (Phi) is 4.21. The van der Waals surface area contributed by atoms with Gasteiger partial charge in [-0.3, -0.25) is 14.7 Å². The maximum absolute atomic E-state index is 12.0. The van der Waals surface area contributed by atoms with Gasteiger partial charge in [0.1, 0.15) is 0 Å². The predicted molar refractivity (Wildman–Crippen MR) is 91.2 cm³/mol. The molecule has 2 aromatic heterocycles. The van der Waals surface area contributed by atoms with Crippen LogP contribution in [0.15, 0.2) is 41.5 Å². The summed E-state index contributed by atoms with van der Waals surface area (Å²) in [5.74, 6) is 0. The van der Waals surface area contributed by atoms with Gasteiger partial charge in [-0.2, -0.15) is 0 Å². The molecule has 0 saturated carbocycles. The quantitative estimate of drug-likeness (QED) is 0.804. The van der Waals surface area contributed by atoms with Gasteiger partial charge in [-0.1, -0.05) is 12.1 Å². The first kappa shape index (κ1) is 15.4. The Morgan fingerprint density at radius 2 is 1.87 bits per heavy atom. The molecule has 0 aliphatic rings. The van der Waals surface area contributed by atoms with Crippen LogP contribution in [0.1, 0.15) is 22.5 Å². The van der Waals surface area contributed by atoms with Gasteiger partial charge in [-0.05, 0) is 33.0 Å². The average Bonchev–Trinajstić information content (AvgIpc) is 2.55. The van der Waals surface area contributed by atoms with Crippen LogP contribution in [0.4, 0.5) is 0 Å². The molecule has 0 amide bonds. The monoisotopic (exact) mass is 308 g/mol. The minimum absolute atomic E-state index is 0.109. The van der Waals surface area contributed by atoms with E-state index in [0.717, 1.165) is 33.5 Å². The molecule has 118 valence electrons. The second-order valence-corrected chi connectivity index (χ2v) is 5.93. The van der Waals surface area contributed by atoms with Crippen molar-refractivity contribution < 1.29 is 0 Å². The number of aromatic amines is 1. The summed E-state index contributed by atoms with van der Waals surface area (Å²) in [7, 11) is 2.01. The van der Waals surface area contributed by atoms with Crippen LogP contribution in [0.25, 0.3) is 11.0 Å². The normalized spacial score (nSPS) is 11.3. The van der Waals surface area contributed by atoms with E-state index in [9.17, 15) is 4.79 Å². The van der Waals surface area contributed by atoms with Crippen LogP contribution in [-0.2, 0) is 13.1 Å². The molecule has 5 nitrogen and oxygen atoms in total. The van der Waals surface area contributed by atoms with Gasteiger partial charge in [-0.15, -0.1) is 0 Å².